The molecule has 0 saturated carbocycles. The number of aromatic amines is 1. The number of rotatable bonds is 6. The molecule has 1 amide bonds. The molecule has 0 unspecified atom stereocenters. The third kappa shape index (κ3) is 4.70. The quantitative estimate of drug-likeness (QED) is 0.423. The van der Waals surface area contributed by atoms with E-state index in [1.54, 1.807) is 36.7 Å². The molecule has 7 heteroatoms. The van der Waals surface area contributed by atoms with Gasteiger partial charge < -0.3 is 5.32 Å². The van der Waals surface area contributed by atoms with Crippen molar-refractivity contribution in [2.75, 3.05) is 6.54 Å². The van der Waals surface area contributed by atoms with Crippen LogP contribution in [0.3, 0.4) is 0 Å². The Balaban J connectivity index is 1.41. The lowest BCUT2D eigenvalue weighted by Crippen LogP contribution is -2.25. The molecule has 0 bridgehead atoms. The molecular weight excluding hydrogens is 419 g/mol. The van der Waals surface area contributed by atoms with Crippen molar-refractivity contribution < 1.29 is 4.79 Å². The van der Waals surface area contributed by atoms with Gasteiger partial charge in [0.05, 0.1) is 16.4 Å². The van der Waals surface area contributed by atoms with Gasteiger partial charge in [0.25, 0.3) is 5.91 Å². The Labute approximate surface area is 184 Å². The molecule has 30 heavy (non-hydrogen) atoms. The molecule has 4 rings (SSSR count). The molecule has 0 atom stereocenters. The zero-order valence-electron chi connectivity index (χ0n) is 15.9. The molecule has 0 saturated heterocycles. The third-order valence-corrected chi connectivity index (χ3v) is 5.24. The first-order valence-corrected chi connectivity index (χ1v) is 10.1. The van der Waals surface area contributed by atoms with Crippen molar-refractivity contribution in [2.24, 2.45) is 0 Å². The molecule has 2 heterocycles. The summed E-state index contributed by atoms with van der Waals surface area (Å²) in [6, 6.07) is 18.5. The molecule has 0 aliphatic heterocycles. The molecular formula is C23H18Cl2N4O. The van der Waals surface area contributed by atoms with E-state index in [9.17, 15) is 4.79 Å². The molecule has 2 aromatic carbocycles. The van der Waals surface area contributed by atoms with Crippen molar-refractivity contribution in [1.29, 1.82) is 0 Å². The van der Waals surface area contributed by atoms with Crippen LogP contribution in [0.25, 0.3) is 22.5 Å². The van der Waals surface area contributed by atoms with Gasteiger partial charge in [0.2, 0.25) is 0 Å². The summed E-state index contributed by atoms with van der Waals surface area (Å²) in [6.45, 7) is 0.565. The lowest BCUT2D eigenvalue weighted by atomic mass is 10.1. The van der Waals surface area contributed by atoms with Crippen molar-refractivity contribution in [3.63, 3.8) is 0 Å². The van der Waals surface area contributed by atoms with Gasteiger partial charge in [-0.1, -0.05) is 35.3 Å². The fourth-order valence-electron chi connectivity index (χ4n) is 3.08. The number of aromatic nitrogens is 3. The van der Waals surface area contributed by atoms with E-state index in [2.05, 4.69) is 20.5 Å². The summed E-state index contributed by atoms with van der Waals surface area (Å²) < 4.78 is 0. The fourth-order valence-corrected chi connectivity index (χ4v) is 3.59. The monoisotopic (exact) mass is 436 g/mol. The average Bonchev–Trinajstić information content (AvgIpc) is 3.24. The van der Waals surface area contributed by atoms with Crippen LogP contribution in [0.2, 0.25) is 10.0 Å². The van der Waals surface area contributed by atoms with Crippen LogP contribution in [-0.4, -0.2) is 27.6 Å². The number of nitrogens with zero attached hydrogens (tertiary/aromatic N) is 2. The Hall–Kier alpha value is -3.15. The second kappa shape index (κ2) is 9.11. The van der Waals surface area contributed by atoms with Crippen LogP contribution in [0, 0.1) is 0 Å². The molecule has 2 aromatic heterocycles. The Morgan fingerprint density at radius 1 is 0.967 bits per heavy atom. The largest absolute Gasteiger partial charge is 0.352 e. The van der Waals surface area contributed by atoms with Crippen LogP contribution >= 0.6 is 23.2 Å². The van der Waals surface area contributed by atoms with E-state index in [1.165, 1.54) is 0 Å². The molecule has 0 fully saturated rings. The normalized spacial score (nSPS) is 10.7. The Morgan fingerprint density at radius 2 is 1.73 bits per heavy atom. The molecule has 4 aromatic rings. The van der Waals surface area contributed by atoms with E-state index in [4.69, 9.17) is 23.2 Å². The maximum absolute atomic E-state index is 12.4. The van der Waals surface area contributed by atoms with Crippen LogP contribution in [0.1, 0.15) is 15.9 Å². The van der Waals surface area contributed by atoms with Crippen molar-refractivity contribution in [3.05, 3.63) is 94.2 Å². The van der Waals surface area contributed by atoms with E-state index in [0.29, 0.717) is 22.2 Å². The Morgan fingerprint density at radius 3 is 2.47 bits per heavy atom. The Kier molecular flexibility index (Phi) is 6.12. The minimum absolute atomic E-state index is 0.105. The standard InChI is InChI=1S/C23H18Cl2N4O/c24-18-5-6-19(20(25)13-18)22-14-21(28-29-22)16-1-3-17(4-2-16)23(30)27-12-9-15-7-10-26-11-8-15/h1-8,10-11,13-14H,9,12H2,(H,27,30)(H,28,29). The summed E-state index contributed by atoms with van der Waals surface area (Å²) in [5.74, 6) is -0.105. The highest BCUT2D eigenvalue weighted by Crippen LogP contribution is 2.31. The first kappa shape index (κ1) is 20.1. The summed E-state index contributed by atoms with van der Waals surface area (Å²) in [7, 11) is 0. The van der Waals surface area contributed by atoms with Crippen molar-refractivity contribution in [1.82, 2.24) is 20.5 Å². The zero-order chi connectivity index (χ0) is 20.9. The second-order valence-corrected chi connectivity index (χ2v) is 7.57. The molecule has 0 aliphatic rings. The van der Waals surface area contributed by atoms with E-state index in [0.717, 1.165) is 34.5 Å². The van der Waals surface area contributed by atoms with Crippen LogP contribution in [0.4, 0.5) is 0 Å². The maximum atomic E-state index is 12.4. The number of halogens is 2. The first-order valence-electron chi connectivity index (χ1n) is 9.38. The number of hydrogen-bond acceptors (Lipinski definition) is 3. The minimum atomic E-state index is -0.105. The number of nitrogens with one attached hydrogen (secondary N) is 2. The van der Waals surface area contributed by atoms with Crippen LogP contribution in [-0.2, 0) is 6.42 Å². The molecule has 0 spiro atoms. The molecule has 0 radical (unpaired) electrons. The Bertz CT molecular complexity index is 1160. The van der Waals surface area contributed by atoms with Crippen molar-refractivity contribution in [2.45, 2.75) is 6.42 Å². The smallest absolute Gasteiger partial charge is 0.251 e. The number of pyridine rings is 1. The maximum Gasteiger partial charge on any atom is 0.251 e. The summed E-state index contributed by atoms with van der Waals surface area (Å²) in [5, 5.41) is 11.4. The van der Waals surface area contributed by atoms with Gasteiger partial charge in [0.15, 0.2) is 0 Å². The number of benzene rings is 2. The number of carbonyl (C=O) groups is 1. The van der Waals surface area contributed by atoms with E-state index >= 15 is 0 Å². The molecule has 2 N–H and O–H groups in total. The molecule has 150 valence electrons. The fraction of sp³-hybridized carbons (Fsp3) is 0.0870. The predicted molar refractivity (Wildman–Crippen MR) is 120 cm³/mol. The van der Waals surface area contributed by atoms with Gasteiger partial charge in [-0.25, -0.2) is 0 Å². The SMILES string of the molecule is O=C(NCCc1ccncc1)c1ccc(-c2cc(-c3ccc(Cl)cc3Cl)[nH]n2)cc1. The van der Waals surface area contributed by atoms with Crippen LogP contribution in [0.15, 0.2) is 73.1 Å². The van der Waals surface area contributed by atoms with Gasteiger partial charge in [-0.15, -0.1) is 0 Å². The average molecular weight is 437 g/mol. The molecule has 0 aliphatic carbocycles. The predicted octanol–water partition coefficient (Wildman–Crippen LogP) is 5.42. The van der Waals surface area contributed by atoms with Gasteiger partial charge in [0.1, 0.15) is 0 Å². The third-order valence-electron chi connectivity index (χ3n) is 4.69. The van der Waals surface area contributed by atoms with E-state index < -0.39 is 0 Å². The minimum Gasteiger partial charge on any atom is -0.352 e. The van der Waals surface area contributed by atoms with Gasteiger partial charge in [-0.05, 0) is 60.5 Å². The van der Waals surface area contributed by atoms with Crippen molar-refractivity contribution >= 4 is 29.1 Å². The van der Waals surface area contributed by atoms with Gasteiger partial charge in [0, 0.05) is 40.7 Å². The van der Waals surface area contributed by atoms with Crippen LogP contribution < -0.4 is 5.32 Å². The summed E-state index contributed by atoms with van der Waals surface area (Å²) >= 11 is 12.2. The van der Waals surface area contributed by atoms with Crippen molar-refractivity contribution in [3.8, 4) is 22.5 Å². The molecule has 5 nitrogen and oxygen atoms in total. The van der Waals surface area contributed by atoms with Gasteiger partial charge in [-0.2, -0.15) is 5.10 Å². The first-order chi connectivity index (χ1) is 14.6. The number of hydrogen-bond donors (Lipinski definition) is 2. The highest BCUT2D eigenvalue weighted by Gasteiger charge is 2.11. The van der Waals surface area contributed by atoms with E-state index in [-0.39, 0.29) is 5.91 Å². The lowest BCUT2D eigenvalue weighted by molar-refractivity contribution is 0.0954. The second-order valence-electron chi connectivity index (χ2n) is 6.73. The van der Waals surface area contributed by atoms with Gasteiger partial charge >= 0.3 is 0 Å². The van der Waals surface area contributed by atoms with Gasteiger partial charge in [-0.3, -0.25) is 14.9 Å². The van der Waals surface area contributed by atoms with E-state index in [1.807, 2.05) is 36.4 Å². The zero-order valence-corrected chi connectivity index (χ0v) is 17.4. The lowest BCUT2D eigenvalue weighted by Gasteiger charge is -2.06. The number of amides is 1. The number of carbonyl (C=O) groups excluding carboxylic acids is 1. The topological polar surface area (TPSA) is 70.7 Å². The number of H-pyrrole nitrogens is 1. The summed E-state index contributed by atoms with van der Waals surface area (Å²) in [6.07, 6.45) is 4.25. The summed E-state index contributed by atoms with van der Waals surface area (Å²) in [4.78, 5) is 16.4. The van der Waals surface area contributed by atoms with Crippen LogP contribution in [0.5, 0.6) is 0 Å². The summed E-state index contributed by atoms with van der Waals surface area (Å²) in [5.41, 5.74) is 5.02. The highest BCUT2D eigenvalue weighted by atomic mass is 35.5. The highest BCUT2D eigenvalue weighted by molar-refractivity contribution is 6.36.